The van der Waals surface area contributed by atoms with Gasteiger partial charge in [0.1, 0.15) is 11.4 Å². The summed E-state index contributed by atoms with van der Waals surface area (Å²) in [7, 11) is 0. The molecule has 2 heterocycles. The number of amides is 3. The molecule has 4 rings (SSSR count). The summed E-state index contributed by atoms with van der Waals surface area (Å²) in [6, 6.07) is 6.02. The van der Waals surface area contributed by atoms with E-state index in [1.54, 1.807) is 18.2 Å². The number of halogens is 1. The van der Waals surface area contributed by atoms with Crippen molar-refractivity contribution in [3.63, 3.8) is 0 Å². The molecule has 2 saturated heterocycles. The molecule has 1 aliphatic carbocycles. The number of allylic oxidation sites excluding steroid dienone is 2. The number of likely N-dealkylation sites (tertiary alicyclic amines) is 1. The molecular formula is C22H28FN3O2. The zero-order chi connectivity index (χ0) is 19.6. The van der Waals surface area contributed by atoms with Crippen LogP contribution >= 0.6 is 0 Å². The van der Waals surface area contributed by atoms with E-state index in [0.29, 0.717) is 11.5 Å². The predicted octanol–water partition coefficient (Wildman–Crippen LogP) is 3.01. The molecule has 6 heteroatoms. The Morgan fingerprint density at radius 2 is 1.89 bits per heavy atom. The van der Waals surface area contributed by atoms with Crippen molar-refractivity contribution in [1.29, 1.82) is 0 Å². The molecule has 0 radical (unpaired) electrons. The number of carbonyl (C=O) groups excluding carboxylic acids is 2. The second-order valence-electron chi connectivity index (χ2n) is 8.37. The van der Waals surface area contributed by atoms with Crippen LogP contribution in [-0.2, 0) is 11.2 Å². The van der Waals surface area contributed by atoms with Crippen LogP contribution in [0.1, 0.15) is 37.7 Å². The Morgan fingerprint density at radius 3 is 2.54 bits per heavy atom. The molecule has 3 amide bonds. The Hall–Kier alpha value is -2.21. The predicted molar refractivity (Wildman–Crippen MR) is 105 cm³/mol. The van der Waals surface area contributed by atoms with Crippen molar-refractivity contribution in [3.8, 4) is 0 Å². The normalized spacial score (nSPS) is 29.0. The third kappa shape index (κ3) is 3.83. The van der Waals surface area contributed by atoms with Gasteiger partial charge < -0.3 is 10.2 Å². The lowest BCUT2D eigenvalue weighted by Crippen LogP contribution is -2.57. The summed E-state index contributed by atoms with van der Waals surface area (Å²) in [5.41, 5.74) is -0.588. The van der Waals surface area contributed by atoms with E-state index in [9.17, 15) is 14.0 Å². The number of rotatable bonds is 5. The van der Waals surface area contributed by atoms with Gasteiger partial charge in [-0.15, -0.1) is 0 Å². The summed E-state index contributed by atoms with van der Waals surface area (Å²) < 4.78 is 14.3. The highest BCUT2D eigenvalue weighted by molar-refractivity contribution is 6.07. The van der Waals surface area contributed by atoms with Crippen molar-refractivity contribution in [1.82, 2.24) is 15.5 Å². The van der Waals surface area contributed by atoms with Gasteiger partial charge in [0.2, 0.25) is 0 Å². The van der Waals surface area contributed by atoms with Gasteiger partial charge in [-0.25, -0.2) is 9.18 Å². The van der Waals surface area contributed by atoms with Crippen LogP contribution in [0.2, 0.25) is 0 Å². The SMILES string of the molecule is O=C1NC(=O)[C@](Cc2ccccc2F)(C2CCN(C[C@H]3CC=CCC3)CC2)N1. The van der Waals surface area contributed by atoms with Crippen LogP contribution < -0.4 is 10.6 Å². The summed E-state index contributed by atoms with van der Waals surface area (Å²) in [6.45, 7) is 2.91. The smallest absolute Gasteiger partial charge is 0.322 e. The number of hydrogen-bond acceptors (Lipinski definition) is 3. The number of nitrogens with one attached hydrogen (secondary N) is 2. The first-order chi connectivity index (χ1) is 13.6. The first-order valence-corrected chi connectivity index (χ1v) is 10.3. The number of benzene rings is 1. The Bertz CT molecular complexity index is 773. The molecule has 3 aliphatic rings. The lowest BCUT2D eigenvalue weighted by Gasteiger charge is -2.41. The lowest BCUT2D eigenvalue weighted by molar-refractivity contribution is -0.126. The third-order valence-corrected chi connectivity index (χ3v) is 6.57. The van der Waals surface area contributed by atoms with Gasteiger partial charge in [-0.1, -0.05) is 30.4 Å². The monoisotopic (exact) mass is 385 g/mol. The molecule has 2 fully saturated rings. The van der Waals surface area contributed by atoms with E-state index in [1.807, 2.05) is 0 Å². The topological polar surface area (TPSA) is 61.4 Å². The van der Waals surface area contributed by atoms with Crippen molar-refractivity contribution in [2.24, 2.45) is 11.8 Å². The molecule has 5 nitrogen and oxygen atoms in total. The molecule has 0 unspecified atom stereocenters. The van der Waals surface area contributed by atoms with Gasteiger partial charge in [0.25, 0.3) is 5.91 Å². The van der Waals surface area contributed by atoms with Gasteiger partial charge in [-0.05, 0) is 68.7 Å². The van der Waals surface area contributed by atoms with Crippen LogP contribution in [-0.4, -0.2) is 42.0 Å². The molecule has 0 aromatic heterocycles. The van der Waals surface area contributed by atoms with E-state index < -0.39 is 11.6 Å². The molecule has 2 aliphatic heterocycles. The van der Waals surface area contributed by atoms with Crippen LogP contribution in [0, 0.1) is 17.7 Å². The third-order valence-electron chi connectivity index (χ3n) is 6.57. The fourth-order valence-electron chi connectivity index (χ4n) is 5.00. The second-order valence-corrected chi connectivity index (χ2v) is 8.37. The largest absolute Gasteiger partial charge is 0.323 e. The van der Waals surface area contributed by atoms with Gasteiger partial charge in [-0.3, -0.25) is 10.1 Å². The number of carbonyl (C=O) groups is 2. The summed E-state index contributed by atoms with van der Waals surface area (Å²) in [6.07, 6.45) is 9.94. The van der Waals surface area contributed by atoms with Gasteiger partial charge in [0.05, 0.1) is 0 Å². The Kier molecular flexibility index (Phi) is 5.49. The molecular weight excluding hydrogens is 357 g/mol. The number of urea groups is 1. The highest BCUT2D eigenvalue weighted by Gasteiger charge is 2.52. The highest BCUT2D eigenvalue weighted by atomic mass is 19.1. The number of nitrogens with zero attached hydrogens (tertiary/aromatic N) is 1. The minimum absolute atomic E-state index is 0.000979. The number of imide groups is 1. The molecule has 1 aromatic rings. The number of piperidine rings is 1. The molecule has 2 atom stereocenters. The zero-order valence-electron chi connectivity index (χ0n) is 16.1. The summed E-state index contributed by atoms with van der Waals surface area (Å²) in [4.78, 5) is 27.2. The standard InChI is InChI=1S/C22H28FN3O2/c23-19-9-5-4-8-17(19)14-22(20(27)24-21(28)25-22)18-10-12-26(13-11-18)15-16-6-2-1-3-7-16/h1-2,4-5,8-9,16,18H,3,6-7,10-15H2,(H2,24,25,27,28)/t16-,22-/m0/s1. The summed E-state index contributed by atoms with van der Waals surface area (Å²) >= 11 is 0. The first kappa shape index (κ1) is 19.1. The zero-order valence-corrected chi connectivity index (χ0v) is 16.1. The quantitative estimate of drug-likeness (QED) is 0.605. The Labute approximate surface area is 165 Å². The second kappa shape index (κ2) is 8.03. The van der Waals surface area contributed by atoms with E-state index in [0.717, 1.165) is 38.9 Å². The molecule has 2 N–H and O–H groups in total. The minimum Gasteiger partial charge on any atom is -0.323 e. The average molecular weight is 385 g/mol. The lowest BCUT2D eigenvalue weighted by atomic mass is 9.74. The average Bonchev–Trinajstić information content (AvgIpc) is 2.99. The van der Waals surface area contributed by atoms with Gasteiger partial charge >= 0.3 is 6.03 Å². The van der Waals surface area contributed by atoms with Gasteiger partial charge in [0.15, 0.2) is 0 Å². The molecule has 0 spiro atoms. The van der Waals surface area contributed by atoms with Crippen LogP contribution in [0.15, 0.2) is 36.4 Å². The van der Waals surface area contributed by atoms with Crippen molar-refractivity contribution in [3.05, 3.63) is 47.8 Å². The van der Waals surface area contributed by atoms with E-state index in [-0.39, 0.29) is 24.1 Å². The maximum atomic E-state index is 14.3. The fourth-order valence-corrected chi connectivity index (χ4v) is 5.00. The van der Waals surface area contributed by atoms with Gasteiger partial charge in [0, 0.05) is 13.0 Å². The van der Waals surface area contributed by atoms with Crippen LogP contribution in [0.5, 0.6) is 0 Å². The number of hydrogen-bond donors (Lipinski definition) is 2. The molecule has 150 valence electrons. The maximum Gasteiger partial charge on any atom is 0.322 e. The Morgan fingerprint density at radius 1 is 1.11 bits per heavy atom. The van der Waals surface area contributed by atoms with Crippen LogP contribution in [0.4, 0.5) is 9.18 Å². The minimum atomic E-state index is -1.06. The van der Waals surface area contributed by atoms with Crippen LogP contribution in [0.3, 0.4) is 0 Å². The molecule has 28 heavy (non-hydrogen) atoms. The van der Waals surface area contributed by atoms with E-state index in [4.69, 9.17) is 0 Å². The van der Waals surface area contributed by atoms with Gasteiger partial charge in [-0.2, -0.15) is 0 Å². The van der Waals surface area contributed by atoms with E-state index in [2.05, 4.69) is 27.7 Å². The fraction of sp³-hybridized carbons (Fsp3) is 0.545. The first-order valence-electron chi connectivity index (χ1n) is 10.3. The molecule has 1 aromatic carbocycles. The molecule has 0 bridgehead atoms. The van der Waals surface area contributed by atoms with Crippen molar-refractivity contribution < 1.29 is 14.0 Å². The van der Waals surface area contributed by atoms with Crippen LogP contribution in [0.25, 0.3) is 0 Å². The summed E-state index contributed by atoms with van der Waals surface area (Å²) in [5, 5.41) is 5.25. The van der Waals surface area contributed by atoms with E-state index >= 15 is 0 Å². The van der Waals surface area contributed by atoms with Crippen molar-refractivity contribution >= 4 is 11.9 Å². The van der Waals surface area contributed by atoms with Crippen molar-refractivity contribution in [2.45, 2.75) is 44.1 Å². The van der Waals surface area contributed by atoms with E-state index in [1.165, 1.54) is 18.9 Å². The molecule has 0 saturated carbocycles. The highest BCUT2D eigenvalue weighted by Crippen LogP contribution is 2.35. The van der Waals surface area contributed by atoms with Crippen molar-refractivity contribution in [2.75, 3.05) is 19.6 Å². The summed E-state index contributed by atoms with van der Waals surface area (Å²) in [5.74, 6) is 0.0553. The maximum absolute atomic E-state index is 14.3. The Balaban J connectivity index is 1.46.